The minimum atomic E-state index is -4.33. The van der Waals surface area contributed by atoms with Gasteiger partial charge in [-0.15, -0.1) is 0 Å². The summed E-state index contributed by atoms with van der Waals surface area (Å²) in [5, 5.41) is 0. The Morgan fingerprint density at radius 1 is 1.17 bits per heavy atom. The maximum absolute atomic E-state index is 13.3. The minimum absolute atomic E-state index is 0.00610. The van der Waals surface area contributed by atoms with E-state index >= 15 is 0 Å². The standard InChI is InChI=1S/C21H30F3N3O2/c1-26(2)20(28)27-12-11-18(25)19(27)13-29-15-9-7-14(8-10-15)16-5-3-4-6-17(16)21(22,23)24/h3-6,14-15,18-19H,7-13,25H2,1-2H3. The topological polar surface area (TPSA) is 58.8 Å². The lowest BCUT2D eigenvalue weighted by molar-refractivity contribution is -0.138. The number of carbonyl (C=O) groups excluding carboxylic acids is 1. The Morgan fingerprint density at radius 3 is 2.45 bits per heavy atom. The largest absolute Gasteiger partial charge is 0.416 e. The van der Waals surface area contributed by atoms with Crippen molar-refractivity contribution in [3.05, 3.63) is 35.4 Å². The van der Waals surface area contributed by atoms with Crippen molar-refractivity contribution < 1.29 is 22.7 Å². The average molecular weight is 413 g/mol. The molecular weight excluding hydrogens is 383 g/mol. The van der Waals surface area contributed by atoms with Crippen LogP contribution in [-0.4, -0.2) is 61.3 Å². The summed E-state index contributed by atoms with van der Waals surface area (Å²) in [5.41, 5.74) is 6.04. The Bertz CT molecular complexity index is 703. The van der Waals surface area contributed by atoms with Crippen LogP contribution in [0.2, 0.25) is 0 Å². The molecule has 1 saturated heterocycles. The summed E-state index contributed by atoms with van der Waals surface area (Å²) < 4.78 is 46.0. The molecule has 2 N–H and O–H groups in total. The summed E-state index contributed by atoms with van der Waals surface area (Å²) in [6.45, 7) is 0.988. The van der Waals surface area contributed by atoms with Crippen molar-refractivity contribution in [3.63, 3.8) is 0 Å². The summed E-state index contributed by atoms with van der Waals surface area (Å²) >= 11 is 0. The summed E-state index contributed by atoms with van der Waals surface area (Å²) in [5.74, 6) is -0.103. The number of benzene rings is 1. The van der Waals surface area contributed by atoms with Gasteiger partial charge in [0.15, 0.2) is 0 Å². The van der Waals surface area contributed by atoms with Gasteiger partial charge >= 0.3 is 12.2 Å². The lowest BCUT2D eigenvalue weighted by Gasteiger charge is -2.33. The molecule has 0 bridgehead atoms. The van der Waals surface area contributed by atoms with E-state index in [-0.39, 0.29) is 30.1 Å². The molecule has 162 valence electrons. The monoisotopic (exact) mass is 413 g/mol. The number of nitrogens with two attached hydrogens (primary N) is 1. The van der Waals surface area contributed by atoms with Gasteiger partial charge in [-0.3, -0.25) is 0 Å². The first-order chi connectivity index (χ1) is 13.7. The molecule has 3 rings (SSSR count). The highest BCUT2D eigenvalue weighted by Gasteiger charge is 2.38. The molecule has 2 unspecified atom stereocenters. The Kier molecular flexibility index (Phi) is 6.73. The van der Waals surface area contributed by atoms with Gasteiger partial charge in [0.25, 0.3) is 0 Å². The number of amides is 2. The van der Waals surface area contributed by atoms with Crippen LogP contribution in [0.15, 0.2) is 24.3 Å². The van der Waals surface area contributed by atoms with Crippen molar-refractivity contribution in [3.8, 4) is 0 Å². The van der Waals surface area contributed by atoms with Gasteiger partial charge in [-0.25, -0.2) is 4.79 Å². The van der Waals surface area contributed by atoms with E-state index in [9.17, 15) is 18.0 Å². The Labute approximate surface area is 170 Å². The molecule has 1 saturated carbocycles. The number of hydrogen-bond donors (Lipinski definition) is 1. The molecule has 2 fully saturated rings. The van der Waals surface area contributed by atoms with E-state index < -0.39 is 11.7 Å². The number of ether oxygens (including phenoxy) is 1. The van der Waals surface area contributed by atoms with E-state index in [2.05, 4.69) is 0 Å². The van der Waals surface area contributed by atoms with Gasteiger partial charge in [-0.2, -0.15) is 13.2 Å². The second-order valence-electron chi connectivity index (χ2n) is 8.28. The number of halogens is 3. The second-order valence-corrected chi connectivity index (χ2v) is 8.28. The zero-order valence-electron chi connectivity index (χ0n) is 17.0. The zero-order chi connectivity index (χ0) is 21.2. The van der Waals surface area contributed by atoms with Gasteiger partial charge in [0.1, 0.15) is 0 Å². The summed E-state index contributed by atoms with van der Waals surface area (Å²) in [7, 11) is 3.42. The van der Waals surface area contributed by atoms with E-state index in [1.165, 1.54) is 11.0 Å². The summed E-state index contributed by atoms with van der Waals surface area (Å²) in [6.07, 6.45) is -0.849. The maximum Gasteiger partial charge on any atom is 0.416 e. The first kappa shape index (κ1) is 21.9. The molecule has 0 aromatic heterocycles. The van der Waals surface area contributed by atoms with Crippen LogP contribution in [0.1, 0.15) is 49.1 Å². The molecular formula is C21H30F3N3O2. The summed E-state index contributed by atoms with van der Waals surface area (Å²) in [4.78, 5) is 15.6. The minimum Gasteiger partial charge on any atom is -0.376 e. The Balaban J connectivity index is 1.55. The first-order valence-electron chi connectivity index (χ1n) is 10.2. The van der Waals surface area contributed by atoms with Crippen LogP contribution in [0.4, 0.5) is 18.0 Å². The number of likely N-dealkylation sites (tertiary alicyclic amines) is 1. The van der Waals surface area contributed by atoms with Crippen LogP contribution in [0.25, 0.3) is 0 Å². The number of alkyl halides is 3. The summed E-state index contributed by atoms with van der Waals surface area (Å²) in [6, 6.07) is 5.52. The lowest BCUT2D eigenvalue weighted by Crippen LogP contribution is -2.49. The van der Waals surface area contributed by atoms with Crippen LogP contribution >= 0.6 is 0 Å². The van der Waals surface area contributed by atoms with E-state index in [0.29, 0.717) is 44.4 Å². The van der Waals surface area contributed by atoms with E-state index in [0.717, 1.165) is 12.5 Å². The molecule has 2 atom stereocenters. The van der Waals surface area contributed by atoms with Gasteiger partial charge in [0.05, 0.1) is 24.3 Å². The van der Waals surface area contributed by atoms with Gasteiger partial charge in [0, 0.05) is 26.7 Å². The van der Waals surface area contributed by atoms with Gasteiger partial charge in [-0.1, -0.05) is 18.2 Å². The Hall–Kier alpha value is -1.80. The number of urea groups is 1. The van der Waals surface area contributed by atoms with Crippen molar-refractivity contribution in [2.24, 2.45) is 5.73 Å². The Morgan fingerprint density at radius 2 is 1.83 bits per heavy atom. The predicted molar refractivity (Wildman–Crippen MR) is 105 cm³/mol. The van der Waals surface area contributed by atoms with Crippen LogP contribution < -0.4 is 5.73 Å². The molecule has 8 heteroatoms. The first-order valence-corrected chi connectivity index (χ1v) is 10.2. The number of rotatable bonds is 4. The third-order valence-corrected chi connectivity index (χ3v) is 6.11. The molecule has 0 radical (unpaired) electrons. The van der Waals surface area contributed by atoms with Gasteiger partial charge in [0.2, 0.25) is 0 Å². The molecule has 5 nitrogen and oxygen atoms in total. The molecule has 1 heterocycles. The molecule has 2 aliphatic rings. The number of hydrogen-bond acceptors (Lipinski definition) is 3. The molecule has 29 heavy (non-hydrogen) atoms. The SMILES string of the molecule is CN(C)C(=O)N1CCC(N)C1COC1CCC(c2ccccc2C(F)(F)F)CC1. The maximum atomic E-state index is 13.3. The highest BCUT2D eigenvalue weighted by Crippen LogP contribution is 2.41. The van der Waals surface area contributed by atoms with Crippen LogP contribution in [0.5, 0.6) is 0 Å². The van der Waals surface area contributed by atoms with Crippen LogP contribution in [-0.2, 0) is 10.9 Å². The normalized spacial score (nSPS) is 27.9. The lowest BCUT2D eigenvalue weighted by atomic mass is 9.81. The number of nitrogens with zero attached hydrogens (tertiary/aromatic N) is 2. The van der Waals surface area contributed by atoms with Crippen molar-refractivity contribution >= 4 is 6.03 Å². The smallest absolute Gasteiger partial charge is 0.376 e. The van der Waals surface area contributed by atoms with Crippen LogP contribution in [0.3, 0.4) is 0 Å². The average Bonchev–Trinajstić information content (AvgIpc) is 3.05. The third kappa shape index (κ3) is 5.04. The third-order valence-electron chi connectivity index (χ3n) is 6.11. The fourth-order valence-electron chi connectivity index (χ4n) is 4.47. The molecule has 0 spiro atoms. The van der Waals surface area contributed by atoms with Crippen molar-refractivity contribution in [2.75, 3.05) is 27.2 Å². The molecule has 1 aromatic rings. The van der Waals surface area contributed by atoms with Crippen molar-refractivity contribution in [1.29, 1.82) is 0 Å². The highest BCUT2D eigenvalue weighted by atomic mass is 19.4. The molecule has 1 aromatic carbocycles. The fourth-order valence-corrected chi connectivity index (χ4v) is 4.47. The zero-order valence-corrected chi connectivity index (χ0v) is 17.0. The van der Waals surface area contributed by atoms with E-state index in [1.54, 1.807) is 31.1 Å². The van der Waals surface area contributed by atoms with Gasteiger partial charge < -0.3 is 20.3 Å². The quantitative estimate of drug-likeness (QED) is 0.816. The number of carbonyl (C=O) groups is 1. The highest BCUT2D eigenvalue weighted by molar-refractivity contribution is 5.74. The van der Waals surface area contributed by atoms with Crippen LogP contribution in [0, 0.1) is 0 Å². The molecule has 1 aliphatic heterocycles. The molecule has 2 amide bonds. The van der Waals surface area contributed by atoms with E-state index in [4.69, 9.17) is 10.5 Å². The van der Waals surface area contributed by atoms with Gasteiger partial charge in [-0.05, 0) is 49.7 Å². The fraction of sp³-hybridized carbons (Fsp3) is 0.667. The predicted octanol–water partition coefficient (Wildman–Crippen LogP) is 3.83. The second kappa shape index (κ2) is 8.92. The van der Waals surface area contributed by atoms with E-state index in [1.807, 2.05) is 0 Å². The molecule has 1 aliphatic carbocycles. The van der Waals surface area contributed by atoms with Crippen molar-refractivity contribution in [1.82, 2.24) is 9.80 Å². The van der Waals surface area contributed by atoms with Crippen molar-refractivity contribution in [2.45, 2.75) is 62.4 Å².